The van der Waals surface area contributed by atoms with Crippen molar-refractivity contribution >= 4 is 15.9 Å². The molecule has 0 radical (unpaired) electrons. The van der Waals surface area contributed by atoms with Crippen molar-refractivity contribution in [1.82, 2.24) is 9.21 Å². The zero-order valence-corrected chi connectivity index (χ0v) is 18.4. The molecule has 1 saturated heterocycles. The molecule has 0 N–H and O–H groups in total. The lowest BCUT2D eigenvalue weighted by Crippen LogP contribution is -2.29. The van der Waals surface area contributed by atoms with E-state index in [1.54, 1.807) is 30.1 Å². The summed E-state index contributed by atoms with van der Waals surface area (Å²) in [4.78, 5) is 14.7. The molecule has 0 unspecified atom stereocenters. The van der Waals surface area contributed by atoms with Crippen molar-refractivity contribution in [3.05, 3.63) is 90.0 Å². The minimum absolute atomic E-state index is 0.181. The van der Waals surface area contributed by atoms with Gasteiger partial charge in [0, 0.05) is 32.2 Å². The first-order chi connectivity index (χ1) is 14.9. The van der Waals surface area contributed by atoms with Gasteiger partial charge in [0.1, 0.15) is 0 Å². The fraction of sp³-hybridized carbons (Fsp3) is 0.240. The third kappa shape index (κ3) is 4.70. The van der Waals surface area contributed by atoms with Crippen LogP contribution in [-0.4, -0.2) is 43.7 Å². The van der Waals surface area contributed by atoms with Crippen LogP contribution in [0.1, 0.15) is 28.8 Å². The average Bonchev–Trinajstić information content (AvgIpc) is 3.36. The summed E-state index contributed by atoms with van der Waals surface area (Å²) >= 11 is 0. The third-order valence-corrected chi connectivity index (χ3v) is 7.51. The van der Waals surface area contributed by atoms with E-state index in [0.717, 1.165) is 29.5 Å². The average molecular weight is 435 g/mol. The summed E-state index contributed by atoms with van der Waals surface area (Å²) < 4.78 is 27.1. The van der Waals surface area contributed by atoms with Crippen molar-refractivity contribution in [2.75, 3.05) is 20.1 Å². The first kappa shape index (κ1) is 21.3. The van der Waals surface area contributed by atoms with Gasteiger partial charge in [0.2, 0.25) is 10.0 Å². The molecule has 1 heterocycles. The molecule has 6 heteroatoms. The van der Waals surface area contributed by atoms with Gasteiger partial charge in [0.25, 0.3) is 5.91 Å². The van der Waals surface area contributed by atoms with Crippen molar-refractivity contribution in [2.24, 2.45) is 0 Å². The molecule has 0 aromatic heterocycles. The molecule has 3 aromatic rings. The molecule has 31 heavy (non-hydrogen) atoms. The van der Waals surface area contributed by atoms with Crippen LogP contribution < -0.4 is 0 Å². The first-order valence-corrected chi connectivity index (χ1v) is 11.9. The Balaban J connectivity index is 1.47. The molecule has 0 saturated carbocycles. The second-order valence-corrected chi connectivity index (χ2v) is 9.80. The van der Waals surface area contributed by atoms with E-state index in [2.05, 4.69) is 12.1 Å². The van der Waals surface area contributed by atoms with Gasteiger partial charge in [-0.1, -0.05) is 60.7 Å². The molecule has 1 aliphatic heterocycles. The molecule has 1 aliphatic rings. The van der Waals surface area contributed by atoms with Crippen LogP contribution >= 0.6 is 0 Å². The molecule has 0 bridgehead atoms. The quantitative estimate of drug-likeness (QED) is 0.577. The smallest absolute Gasteiger partial charge is 0.253 e. The minimum Gasteiger partial charge on any atom is -0.337 e. The Morgan fingerprint density at radius 2 is 1.52 bits per heavy atom. The summed E-state index contributed by atoms with van der Waals surface area (Å²) in [6, 6.07) is 24.6. The molecule has 1 amide bonds. The number of nitrogens with zero attached hydrogens (tertiary/aromatic N) is 2. The summed E-state index contributed by atoms with van der Waals surface area (Å²) in [5.74, 6) is -0.203. The van der Waals surface area contributed by atoms with E-state index in [1.165, 1.54) is 10.4 Å². The van der Waals surface area contributed by atoms with Crippen LogP contribution in [0.15, 0.2) is 83.8 Å². The Labute approximate surface area is 184 Å². The van der Waals surface area contributed by atoms with Gasteiger partial charge in [-0.2, -0.15) is 4.31 Å². The van der Waals surface area contributed by atoms with Crippen molar-refractivity contribution in [3.63, 3.8) is 0 Å². The maximum Gasteiger partial charge on any atom is 0.253 e. The van der Waals surface area contributed by atoms with Crippen LogP contribution in [0.2, 0.25) is 0 Å². The molecule has 5 nitrogen and oxygen atoms in total. The third-order valence-electron chi connectivity index (χ3n) is 5.61. The SMILES string of the molecule is CN(Cc1ccc(-c2ccccc2)cc1)C(=O)c1cccc(S(=O)(=O)N2CCCC2)c1. The standard InChI is InChI=1S/C25H26N2O3S/c1-26(19-20-12-14-22(15-13-20)21-8-3-2-4-9-21)25(28)23-10-7-11-24(18-23)31(29,30)27-16-5-6-17-27/h2-4,7-15,18H,5-6,16-17,19H2,1H3. The lowest BCUT2D eigenvalue weighted by atomic mass is 10.0. The summed E-state index contributed by atoms with van der Waals surface area (Å²) in [6.07, 6.45) is 1.76. The van der Waals surface area contributed by atoms with Gasteiger partial charge in [-0.25, -0.2) is 8.42 Å². The number of carbonyl (C=O) groups excluding carboxylic acids is 1. The molecule has 160 valence electrons. The lowest BCUT2D eigenvalue weighted by molar-refractivity contribution is 0.0785. The van der Waals surface area contributed by atoms with Crippen molar-refractivity contribution in [2.45, 2.75) is 24.3 Å². The van der Waals surface area contributed by atoms with Crippen LogP contribution in [0.4, 0.5) is 0 Å². The predicted octanol–water partition coefficient (Wildman–Crippen LogP) is 4.41. The van der Waals surface area contributed by atoms with Gasteiger partial charge in [-0.3, -0.25) is 4.79 Å². The molecule has 0 atom stereocenters. The number of carbonyl (C=O) groups is 1. The van der Waals surface area contributed by atoms with Gasteiger partial charge in [0.15, 0.2) is 0 Å². The topological polar surface area (TPSA) is 57.7 Å². The highest BCUT2D eigenvalue weighted by molar-refractivity contribution is 7.89. The van der Waals surface area contributed by atoms with Crippen LogP contribution in [-0.2, 0) is 16.6 Å². The highest BCUT2D eigenvalue weighted by atomic mass is 32.2. The van der Waals surface area contributed by atoms with Gasteiger partial charge >= 0.3 is 0 Å². The number of hydrogen-bond acceptors (Lipinski definition) is 3. The van der Waals surface area contributed by atoms with E-state index >= 15 is 0 Å². The predicted molar refractivity (Wildman–Crippen MR) is 122 cm³/mol. The molecular weight excluding hydrogens is 408 g/mol. The van der Waals surface area contributed by atoms with Crippen LogP contribution in [0.5, 0.6) is 0 Å². The Bertz CT molecular complexity index is 1150. The fourth-order valence-electron chi connectivity index (χ4n) is 3.87. The highest BCUT2D eigenvalue weighted by Gasteiger charge is 2.27. The maximum atomic E-state index is 13.0. The van der Waals surface area contributed by atoms with Crippen LogP contribution in [0.3, 0.4) is 0 Å². The Morgan fingerprint density at radius 3 is 2.19 bits per heavy atom. The van der Waals surface area contributed by atoms with Crippen molar-refractivity contribution in [1.29, 1.82) is 0 Å². The monoisotopic (exact) mass is 434 g/mol. The fourth-order valence-corrected chi connectivity index (χ4v) is 5.43. The minimum atomic E-state index is -3.55. The second kappa shape index (κ2) is 9.04. The summed E-state index contributed by atoms with van der Waals surface area (Å²) in [5.41, 5.74) is 3.66. The zero-order valence-electron chi connectivity index (χ0n) is 17.6. The molecule has 1 fully saturated rings. The van der Waals surface area contributed by atoms with Crippen LogP contribution in [0, 0.1) is 0 Å². The zero-order chi connectivity index (χ0) is 21.8. The van der Waals surface area contributed by atoms with Gasteiger partial charge in [0.05, 0.1) is 4.90 Å². The summed E-state index contributed by atoms with van der Waals surface area (Å²) in [7, 11) is -1.82. The van der Waals surface area contributed by atoms with E-state index in [4.69, 9.17) is 0 Å². The first-order valence-electron chi connectivity index (χ1n) is 10.5. The molecule has 3 aromatic carbocycles. The largest absolute Gasteiger partial charge is 0.337 e. The number of benzene rings is 3. The van der Waals surface area contributed by atoms with Gasteiger partial charge < -0.3 is 4.90 Å². The highest BCUT2D eigenvalue weighted by Crippen LogP contribution is 2.23. The van der Waals surface area contributed by atoms with E-state index in [-0.39, 0.29) is 10.8 Å². The van der Waals surface area contributed by atoms with Crippen molar-refractivity contribution < 1.29 is 13.2 Å². The van der Waals surface area contributed by atoms with Gasteiger partial charge in [-0.05, 0) is 47.7 Å². The second-order valence-electron chi connectivity index (χ2n) is 7.86. The molecule has 0 spiro atoms. The number of hydrogen-bond donors (Lipinski definition) is 0. The number of sulfonamides is 1. The van der Waals surface area contributed by atoms with E-state index in [1.807, 2.05) is 42.5 Å². The molecule has 4 rings (SSSR count). The van der Waals surface area contributed by atoms with E-state index in [0.29, 0.717) is 25.2 Å². The summed E-state index contributed by atoms with van der Waals surface area (Å²) in [6.45, 7) is 1.52. The lowest BCUT2D eigenvalue weighted by Gasteiger charge is -2.19. The normalized spacial score (nSPS) is 14.5. The van der Waals surface area contributed by atoms with Crippen molar-refractivity contribution in [3.8, 4) is 11.1 Å². The van der Waals surface area contributed by atoms with E-state index < -0.39 is 10.0 Å². The number of amides is 1. The van der Waals surface area contributed by atoms with E-state index in [9.17, 15) is 13.2 Å². The Kier molecular flexibility index (Phi) is 6.20. The molecular formula is C25H26N2O3S. The maximum absolute atomic E-state index is 13.0. The number of rotatable bonds is 6. The van der Waals surface area contributed by atoms with Gasteiger partial charge in [-0.15, -0.1) is 0 Å². The summed E-state index contributed by atoms with van der Waals surface area (Å²) in [5, 5.41) is 0. The van der Waals surface area contributed by atoms with Crippen LogP contribution in [0.25, 0.3) is 11.1 Å². The Morgan fingerprint density at radius 1 is 0.871 bits per heavy atom. The molecule has 0 aliphatic carbocycles. The Hall–Kier alpha value is -2.96.